The van der Waals surface area contributed by atoms with E-state index in [4.69, 9.17) is 17.3 Å². The summed E-state index contributed by atoms with van der Waals surface area (Å²) >= 11 is 6.14. The van der Waals surface area contributed by atoms with E-state index in [-0.39, 0.29) is 5.91 Å². The van der Waals surface area contributed by atoms with E-state index in [1.807, 2.05) is 11.9 Å². The number of nitrogen functional groups attached to an aromatic ring is 1. The zero-order valence-electron chi connectivity index (χ0n) is 12.8. The van der Waals surface area contributed by atoms with Crippen molar-refractivity contribution < 1.29 is 4.79 Å². The smallest absolute Gasteiger partial charge is 0.255 e. The number of halogens is 1. The van der Waals surface area contributed by atoms with Crippen molar-refractivity contribution in [3.05, 3.63) is 28.8 Å². The van der Waals surface area contributed by atoms with Crippen LogP contribution in [0.2, 0.25) is 5.02 Å². The van der Waals surface area contributed by atoms with Crippen LogP contribution in [0.5, 0.6) is 0 Å². The van der Waals surface area contributed by atoms with Gasteiger partial charge in [-0.2, -0.15) is 0 Å². The fourth-order valence-electron chi connectivity index (χ4n) is 2.91. The molecule has 5 heteroatoms. The molecule has 0 saturated carbocycles. The van der Waals surface area contributed by atoms with Crippen molar-refractivity contribution in [2.75, 3.05) is 32.4 Å². The molecular weight excluding hydrogens is 286 g/mol. The van der Waals surface area contributed by atoms with Crippen molar-refractivity contribution >= 4 is 23.2 Å². The minimum atomic E-state index is -0.0195. The predicted molar refractivity (Wildman–Crippen MR) is 87.7 cm³/mol. The summed E-state index contributed by atoms with van der Waals surface area (Å²) in [5, 5.41) is 0.426. The quantitative estimate of drug-likeness (QED) is 0.870. The van der Waals surface area contributed by atoms with Gasteiger partial charge in [0, 0.05) is 31.9 Å². The highest BCUT2D eigenvalue weighted by Crippen LogP contribution is 2.23. The second-order valence-electron chi connectivity index (χ2n) is 5.73. The first-order chi connectivity index (χ1) is 10.0. The molecule has 0 bridgehead atoms. The van der Waals surface area contributed by atoms with Crippen LogP contribution in [-0.2, 0) is 0 Å². The van der Waals surface area contributed by atoms with E-state index < -0.39 is 0 Å². The Hall–Kier alpha value is -1.26. The number of anilines is 1. The summed E-state index contributed by atoms with van der Waals surface area (Å²) in [6.45, 7) is 5.47. The molecule has 0 unspecified atom stereocenters. The molecule has 0 spiro atoms. The fourth-order valence-corrected chi connectivity index (χ4v) is 3.18. The maximum atomic E-state index is 12.6. The fraction of sp³-hybridized carbons (Fsp3) is 0.562. The van der Waals surface area contributed by atoms with Crippen LogP contribution >= 0.6 is 11.6 Å². The number of hydrogen-bond acceptors (Lipinski definition) is 3. The minimum absolute atomic E-state index is 0.0195. The third-order valence-corrected chi connectivity index (χ3v) is 4.50. The average Bonchev–Trinajstić information content (AvgIpc) is 2.47. The molecule has 2 N–H and O–H groups in total. The molecule has 0 aliphatic carbocycles. The first kappa shape index (κ1) is 16.1. The predicted octanol–water partition coefficient (Wildman–Crippen LogP) is 2.87. The number of rotatable bonds is 4. The highest BCUT2D eigenvalue weighted by molar-refractivity contribution is 6.34. The van der Waals surface area contributed by atoms with Gasteiger partial charge in [-0.25, -0.2) is 0 Å². The molecule has 1 heterocycles. The lowest BCUT2D eigenvalue weighted by molar-refractivity contribution is 0.0643. The SMILES string of the molecule is CCCN1CCC(N(C)C(=O)c2ccc(N)cc2Cl)CC1. The van der Waals surface area contributed by atoms with Crippen LogP contribution in [-0.4, -0.2) is 48.4 Å². The Morgan fingerprint density at radius 2 is 2.10 bits per heavy atom. The minimum Gasteiger partial charge on any atom is -0.399 e. The lowest BCUT2D eigenvalue weighted by Crippen LogP contribution is -2.45. The lowest BCUT2D eigenvalue weighted by atomic mass is 10.0. The monoisotopic (exact) mass is 309 g/mol. The second-order valence-corrected chi connectivity index (χ2v) is 6.14. The van der Waals surface area contributed by atoms with E-state index in [1.54, 1.807) is 18.2 Å². The highest BCUT2D eigenvalue weighted by Gasteiger charge is 2.26. The van der Waals surface area contributed by atoms with Gasteiger partial charge >= 0.3 is 0 Å². The van der Waals surface area contributed by atoms with Crippen LogP contribution in [0.25, 0.3) is 0 Å². The van der Waals surface area contributed by atoms with E-state index in [1.165, 1.54) is 6.42 Å². The number of likely N-dealkylation sites (tertiary alicyclic amines) is 1. The molecule has 1 fully saturated rings. The number of amides is 1. The van der Waals surface area contributed by atoms with Gasteiger partial charge in [0.1, 0.15) is 0 Å². The molecule has 1 aliphatic rings. The Balaban J connectivity index is 2.00. The normalized spacial score (nSPS) is 16.9. The third-order valence-electron chi connectivity index (χ3n) is 4.19. The van der Waals surface area contributed by atoms with Crippen LogP contribution in [0.4, 0.5) is 5.69 Å². The van der Waals surface area contributed by atoms with Crippen LogP contribution in [0.3, 0.4) is 0 Å². The van der Waals surface area contributed by atoms with Crippen LogP contribution in [0.1, 0.15) is 36.5 Å². The van der Waals surface area contributed by atoms with Gasteiger partial charge in [0.15, 0.2) is 0 Å². The van der Waals surface area contributed by atoms with E-state index in [0.29, 0.717) is 22.3 Å². The average molecular weight is 310 g/mol. The van der Waals surface area contributed by atoms with Crippen LogP contribution < -0.4 is 5.73 Å². The molecule has 1 aromatic carbocycles. The summed E-state index contributed by atoms with van der Waals surface area (Å²) in [7, 11) is 1.87. The van der Waals surface area contributed by atoms with Crippen molar-refractivity contribution in [1.29, 1.82) is 0 Å². The number of carbonyl (C=O) groups is 1. The van der Waals surface area contributed by atoms with Gasteiger partial charge in [-0.1, -0.05) is 18.5 Å². The Bertz CT molecular complexity index is 498. The first-order valence-corrected chi connectivity index (χ1v) is 7.95. The molecule has 0 atom stereocenters. The van der Waals surface area contributed by atoms with E-state index in [9.17, 15) is 4.79 Å². The zero-order chi connectivity index (χ0) is 15.4. The van der Waals surface area contributed by atoms with Crippen molar-refractivity contribution in [1.82, 2.24) is 9.80 Å². The Morgan fingerprint density at radius 3 is 2.67 bits per heavy atom. The molecule has 0 radical (unpaired) electrons. The summed E-state index contributed by atoms with van der Waals surface area (Å²) in [6.07, 6.45) is 3.23. The molecule has 0 aromatic heterocycles. The summed E-state index contributed by atoms with van der Waals surface area (Å²) in [4.78, 5) is 16.9. The number of piperidine rings is 1. The van der Waals surface area contributed by atoms with Crippen LogP contribution in [0, 0.1) is 0 Å². The topological polar surface area (TPSA) is 49.6 Å². The molecule has 1 aliphatic heterocycles. The molecule has 4 nitrogen and oxygen atoms in total. The van der Waals surface area contributed by atoms with Gasteiger partial charge in [-0.3, -0.25) is 4.79 Å². The van der Waals surface area contributed by atoms with Crippen LogP contribution in [0.15, 0.2) is 18.2 Å². The Morgan fingerprint density at radius 1 is 1.43 bits per heavy atom. The lowest BCUT2D eigenvalue weighted by Gasteiger charge is -2.36. The van der Waals surface area contributed by atoms with Gasteiger partial charge in [0.05, 0.1) is 10.6 Å². The maximum absolute atomic E-state index is 12.6. The summed E-state index contributed by atoms with van der Waals surface area (Å²) in [5.74, 6) is -0.0195. The molecular formula is C16H24ClN3O. The van der Waals surface area contributed by atoms with E-state index >= 15 is 0 Å². The van der Waals surface area contributed by atoms with Crippen molar-refractivity contribution in [3.8, 4) is 0 Å². The van der Waals surface area contributed by atoms with E-state index in [2.05, 4.69) is 11.8 Å². The van der Waals surface area contributed by atoms with Crippen molar-refractivity contribution in [2.24, 2.45) is 0 Å². The zero-order valence-corrected chi connectivity index (χ0v) is 13.6. The largest absolute Gasteiger partial charge is 0.399 e. The molecule has 1 saturated heterocycles. The molecule has 21 heavy (non-hydrogen) atoms. The van der Waals surface area contributed by atoms with Crippen molar-refractivity contribution in [2.45, 2.75) is 32.2 Å². The standard InChI is InChI=1S/C16H24ClN3O/c1-3-8-20-9-6-13(7-10-20)19(2)16(21)14-5-4-12(18)11-15(14)17/h4-5,11,13H,3,6-10,18H2,1-2H3. The Labute approximate surface area is 131 Å². The third kappa shape index (κ3) is 3.89. The van der Waals surface area contributed by atoms with E-state index in [0.717, 1.165) is 32.5 Å². The van der Waals surface area contributed by atoms with Gasteiger partial charge in [-0.05, 0) is 44.0 Å². The number of benzene rings is 1. The number of nitrogens with zero attached hydrogens (tertiary/aromatic N) is 2. The second kappa shape index (κ2) is 7.14. The van der Waals surface area contributed by atoms with Gasteiger partial charge in [0.25, 0.3) is 5.91 Å². The maximum Gasteiger partial charge on any atom is 0.255 e. The highest BCUT2D eigenvalue weighted by atomic mass is 35.5. The summed E-state index contributed by atoms with van der Waals surface area (Å²) < 4.78 is 0. The number of carbonyl (C=O) groups excluding carboxylic acids is 1. The molecule has 2 rings (SSSR count). The number of nitrogens with two attached hydrogens (primary N) is 1. The van der Waals surface area contributed by atoms with Crippen molar-refractivity contribution in [3.63, 3.8) is 0 Å². The molecule has 1 amide bonds. The van der Waals surface area contributed by atoms with Gasteiger partial charge in [-0.15, -0.1) is 0 Å². The first-order valence-electron chi connectivity index (χ1n) is 7.57. The summed E-state index contributed by atoms with van der Waals surface area (Å²) in [6, 6.07) is 5.35. The van der Waals surface area contributed by atoms with Gasteiger partial charge < -0.3 is 15.5 Å². The summed E-state index contributed by atoms with van der Waals surface area (Å²) in [5.41, 5.74) is 6.78. The molecule has 1 aromatic rings. The molecule has 116 valence electrons. The Kier molecular flexibility index (Phi) is 5.48. The van der Waals surface area contributed by atoms with Gasteiger partial charge in [0.2, 0.25) is 0 Å². The number of hydrogen-bond donors (Lipinski definition) is 1.